The number of ether oxygens (including phenoxy) is 3. The maximum atomic E-state index is 11.6. The first kappa shape index (κ1) is 13.6. The first-order chi connectivity index (χ1) is 7.97. The van der Waals surface area contributed by atoms with E-state index in [2.05, 4.69) is 0 Å². The second-order valence-corrected chi connectivity index (χ2v) is 5.50. The highest BCUT2D eigenvalue weighted by Crippen LogP contribution is 2.55. The van der Waals surface area contributed by atoms with Crippen LogP contribution in [0.5, 0.6) is 0 Å². The normalized spacial score (nSPS) is 51.2. The van der Waals surface area contributed by atoms with Crippen molar-refractivity contribution in [2.24, 2.45) is 0 Å². The van der Waals surface area contributed by atoms with Crippen LogP contribution in [0, 0.1) is 0 Å². The summed E-state index contributed by atoms with van der Waals surface area (Å²) in [6, 6.07) is 0. The van der Waals surface area contributed by atoms with Crippen LogP contribution in [0.4, 0.5) is 0 Å². The van der Waals surface area contributed by atoms with E-state index in [1.807, 2.05) is 0 Å². The van der Waals surface area contributed by atoms with Crippen molar-refractivity contribution < 1.29 is 28.9 Å². The minimum Gasteiger partial charge on any atom is -0.361 e. The molecule has 4 atom stereocenters. The van der Waals surface area contributed by atoms with Crippen molar-refractivity contribution in [2.45, 2.75) is 64.0 Å². The van der Waals surface area contributed by atoms with E-state index >= 15 is 0 Å². The van der Waals surface area contributed by atoms with Crippen molar-refractivity contribution in [1.82, 2.24) is 0 Å². The molecule has 1 N–H and O–H groups in total. The number of ketones is 2. The van der Waals surface area contributed by atoms with Gasteiger partial charge in [-0.2, -0.15) is 0 Å². The van der Waals surface area contributed by atoms with Gasteiger partial charge in [-0.25, -0.2) is 0 Å². The highest BCUT2D eigenvalue weighted by Gasteiger charge is 2.73. The van der Waals surface area contributed by atoms with Crippen molar-refractivity contribution in [2.75, 3.05) is 0 Å². The van der Waals surface area contributed by atoms with Crippen molar-refractivity contribution >= 4 is 11.6 Å². The number of hydrogen-bond acceptors (Lipinski definition) is 6. The lowest BCUT2D eigenvalue weighted by Gasteiger charge is -2.29. The van der Waals surface area contributed by atoms with Crippen molar-refractivity contribution in [3.05, 3.63) is 0 Å². The number of rotatable bonds is 2. The lowest BCUT2D eigenvalue weighted by atomic mass is 9.94. The van der Waals surface area contributed by atoms with Gasteiger partial charge in [0.25, 0.3) is 0 Å². The molecular weight excluding hydrogens is 240 g/mol. The summed E-state index contributed by atoms with van der Waals surface area (Å²) in [5, 5.41) is 10.5. The highest BCUT2D eigenvalue weighted by atomic mass is 16.9. The molecule has 18 heavy (non-hydrogen) atoms. The van der Waals surface area contributed by atoms with E-state index in [-0.39, 0.29) is 18.0 Å². The molecule has 0 aromatic rings. The maximum Gasteiger partial charge on any atom is 0.231 e. The SMILES string of the molecule is CC(=O)[C@]1(C)O[C@]2(C)O[C@@](C)(C(C)=O)C[C@]2(O)O1. The van der Waals surface area contributed by atoms with Crippen molar-refractivity contribution in [3.63, 3.8) is 0 Å². The molecule has 6 heteroatoms. The van der Waals surface area contributed by atoms with Gasteiger partial charge in [-0.05, 0) is 27.7 Å². The molecule has 0 aromatic heterocycles. The Balaban J connectivity index is 2.37. The van der Waals surface area contributed by atoms with Crippen LogP contribution in [0.1, 0.15) is 41.0 Å². The Bertz CT molecular complexity index is 374. The molecule has 2 saturated heterocycles. The number of carbonyl (C=O) groups excluding carboxylic acids is 2. The molecule has 0 amide bonds. The summed E-state index contributed by atoms with van der Waals surface area (Å²) in [6.45, 7) is 7.13. The second-order valence-electron chi connectivity index (χ2n) is 5.50. The van der Waals surface area contributed by atoms with Crippen molar-refractivity contribution in [3.8, 4) is 0 Å². The summed E-state index contributed by atoms with van der Waals surface area (Å²) >= 11 is 0. The average Bonchev–Trinajstić information content (AvgIpc) is 2.43. The van der Waals surface area contributed by atoms with Gasteiger partial charge < -0.3 is 19.3 Å². The van der Waals surface area contributed by atoms with Crippen LogP contribution in [0.15, 0.2) is 0 Å². The summed E-state index contributed by atoms with van der Waals surface area (Å²) in [5.41, 5.74) is -1.18. The fraction of sp³-hybridized carbons (Fsp3) is 0.833. The highest BCUT2D eigenvalue weighted by molar-refractivity contribution is 5.86. The van der Waals surface area contributed by atoms with E-state index in [4.69, 9.17) is 14.2 Å². The summed E-state index contributed by atoms with van der Waals surface area (Å²) in [5.74, 6) is -5.51. The Hall–Kier alpha value is -0.820. The van der Waals surface area contributed by atoms with E-state index in [1.54, 1.807) is 6.92 Å². The smallest absolute Gasteiger partial charge is 0.231 e. The molecule has 2 aliphatic heterocycles. The summed E-state index contributed by atoms with van der Waals surface area (Å²) in [6.07, 6.45) is -0.0747. The van der Waals surface area contributed by atoms with Gasteiger partial charge in [0.2, 0.25) is 17.4 Å². The molecule has 0 aliphatic carbocycles. The van der Waals surface area contributed by atoms with Crippen LogP contribution >= 0.6 is 0 Å². The summed E-state index contributed by atoms with van der Waals surface area (Å²) < 4.78 is 16.4. The third-order valence-corrected chi connectivity index (χ3v) is 3.84. The summed E-state index contributed by atoms with van der Waals surface area (Å²) in [7, 11) is 0. The molecule has 0 saturated carbocycles. The van der Waals surface area contributed by atoms with Gasteiger partial charge in [0.05, 0.1) is 0 Å². The van der Waals surface area contributed by atoms with Gasteiger partial charge in [0.1, 0.15) is 5.60 Å². The number of carbonyl (C=O) groups is 2. The predicted octanol–water partition coefficient (Wildman–Crippen LogP) is 0.511. The maximum absolute atomic E-state index is 11.6. The Labute approximate surface area is 105 Å². The van der Waals surface area contributed by atoms with Gasteiger partial charge >= 0.3 is 0 Å². The van der Waals surface area contributed by atoms with Crippen LogP contribution in [0.3, 0.4) is 0 Å². The minimum absolute atomic E-state index is 0.0747. The van der Waals surface area contributed by atoms with Crippen LogP contribution in [0.2, 0.25) is 0 Å². The summed E-state index contributed by atoms with van der Waals surface area (Å²) in [4.78, 5) is 23.1. The fourth-order valence-electron chi connectivity index (χ4n) is 2.45. The van der Waals surface area contributed by atoms with Gasteiger partial charge in [-0.3, -0.25) is 9.59 Å². The Kier molecular flexibility index (Phi) is 2.56. The molecule has 0 aromatic carbocycles. The van der Waals surface area contributed by atoms with E-state index in [9.17, 15) is 14.7 Å². The lowest BCUT2D eigenvalue weighted by molar-refractivity contribution is -0.271. The average molecular weight is 258 g/mol. The van der Waals surface area contributed by atoms with Crippen LogP contribution in [-0.2, 0) is 23.8 Å². The third-order valence-electron chi connectivity index (χ3n) is 3.84. The second kappa shape index (κ2) is 3.39. The molecule has 0 radical (unpaired) electrons. The lowest BCUT2D eigenvalue weighted by Crippen LogP contribution is -2.45. The Morgan fingerprint density at radius 2 is 1.56 bits per heavy atom. The zero-order chi connectivity index (χ0) is 14.0. The molecule has 0 spiro atoms. The quantitative estimate of drug-likeness (QED) is 0.777. The van der Waals surface area contributed by atoms with Gasteiger partial charge in [0.15, 0.2) is 11.6 Å². The zero-order valence-corrected chi connectivity index (χ0v) is 11.2. The molecule has 2 fully saturated rings. The predicted molar refractivity (Wildman–Crippen MR) is 59.4 cm³/mol. The topological polar surface area (TPSA) is 82.1 Å². The third kappa shape index (κ3) is 1.56. The fourth-order valence-corrected chi connectivity index (χ4v) is 2.45. The van der Waals surface area contributed by atoms with Crippen LogP contribution < -0.4 is 0 Å². The number of aliphatic hydroxyl groups is 1. The van der Waals surface area contributed by atoms with E-state index < -0.39 is 23.0 Å². The molecule has 0 bridgehead atoms. The molecule has 2 heterocycles. The standard InChI is InChI=1S/C12H18O6/c1-7(13)9(3)6-12(15)11(5,16-9)17-10(4,18-12)8(2)14/h15H,6H2,1-5H3/t9-,10-,11+,12+/m1/s1. The monoisotopic (exact) mass is 258 g/mol. The molecular formula is C12H18O6. The van der Waals surface area contributed by atoms with Gasteiger partial charge in [-0.1, -0.05) is 0 Å². The Morgan fingerprint density at radius 1 is 1.00 bits per heavy atom. The van der Waals surface area contributed by atoms with E-state index in [0.29, 0.717) is 0 Å². The van der Waals surface area contributed by atoms with Crippen LogP contribution in [0.25, 0.3) is 0 Å². The Morgan fingerprint density at radius 3 is 1.94 bits per heavy atom. The van der Waals surface area contributed by atoms with Crippen molar-refractivity contribution in [1.29, 1.82) is 0 Å². The molecule has 0 unspecified atom stereocenters. The van der Waals surface area contributed by atoms with Gasteiger partial charge in [0, 0.05) is 13.3 Å². The number of Topliss-reactive ketones (excluding diaryl/α,β-unsaturated/α-hetero) is 2. The number of hydrogen-bond donors (Lipinski definition) is 1. The van der Waals surface area contributed by atoms with Crippen LogP contribution in [-0.4, -0.2) is 39.6 Å². The van der Waals surface area contributed by atoms with Gasteiger partial charge in [-0.15, -0.1) is 0 Å². The number of fused-ring (bicyclic) bond motifs is 1. The minimum atomic E-state index is -1.81. The molecule has 2 aliphatic rings. The zero-order valence-electron chi connectivity index (χ0n) is 11.2. The van der Waals surface area contributed by atoms with E-state index in [0.717, 1.165) is 0 Å². The first-order valence-corrected chi connectivity index (χ1v) is 5.81. The molecule has 2 rings (SSSR count). The largest absolute Gasteiger partial charge is 0.361 e. The molecule has 102 valence electrons. The first-order valence-electron chi connectivity index (χ1n) is 5.81. The molecule has 6 nitrogen and oxygen atoms in total. The van der Waals surface area contributed by atoms with E-state index in [1.165, 1.54) is 27.7 Å².